The summed E-state index contributed by atoms with van der Waals surface area (Å²) in [6.07, 6.45) is 1.75. The number of allylic oxidation sites excluding steroid dienone is 1. The number of hydrogen-bond donors (Lipinski definition) is 0. The Kier molecular flexibility index (Phi) is 4.77. The number of nitro groups is 1. The van der Waals surface area contributed by atoms with Crippen LogP contribution in [0, 0.1) is 21.4 Å². The third-order valence-corrected chi connectivity index (χ3v) is 2.41. The van der Waals surface area contributed by atoms with E-state index in [1.54, 1.807) is 13.0 Å². The molecule has 0 aliphatic carbocycles. The third kappa shape index (κ3) is 3.64. The van der Waals surface area contributed by atoms with Gasteiger partial charge in [0.2, 0.25) is 0 Å². The molecule has 98 valence electrons. The number of carbonyl (C=O) groups excluding carboxylic acids is 1. The van der Waals surface area contributed by atoms with E-state index in [9.17, 15) is 14.9 Å². The number of rotatable bonds is 4. The summed E-state index contributed by atoms with van der Waals surface area (Å²) in [6.45, 7) is 1.71. The molecule has 0 saturated heterocycles. The van der Waals surface area contributed by atoms with Crippen LogP contribution in [0.15, 0.2) is 23.8 Å². The summed E-state index contributed by atoms with van der Waals surface area (Å²) < 4.78 is 4.51. The van der Waals surface area contributed by atoms with Crippen LogP contribution in [0.3, 0.4) is 0 Å². The summed E-state index contributed by atoms with van der Waals surface area (Å²) in [5.74, 6) is -0.632. The normalized spacial score (nSPS) is 10.7. The Morgan fingerprint density at radius 1 is 1.58 bits per heavy atom. The maximum Gasteiger partial charge on any atom is 0.338 e. The van der Waals surface area contributed by atoms with Crippen molar-refractivity contribution >= 4 is 17.7 Å². The number of nitrogens with zero attached hydrogens (tertiary/aromatic N) is 2. The van der Waals surface area contributed by atoms with Crippen LogP contribution >= 0.6 is 0 Å². The van der Waals surface area contributed by atoms with Crippen molar-refractivity contribution < 1.29 is 14.5 Å². The van der Waals surface area contributed by atoms with Crippen LogP contribution in [-0.2, 0) is 4.74 Å². The fraction of sp³-hybridized carbons (Fsp3) is 0.231. The molecular formula is C13H12N2O4. The Balaban J connectivity index is 3.27. The molecule has 0 fully saturated rings. The topological polar surface area (TPSA) is 93.2 Å². The number of ether oxygens (including phenoxy) is 1. The molecule has 0 aliphatic heterocycles. The quantitative estimate of drug-likeness (QED) is 0.471. The van der Waals surface area contributed by atoms with Gasteiger partial charge in [-0.15, -0.1) is 0 Å². The minimum Gasteiger partial charge on any atom is -0.465 e. The lowest BCUT2D eigenvalue weighted by Crippen LogP contribution is -2.03. The predicted molar refractivity (Wildman–Crippen MR) is 68.3 cm³/mol. The van der Waals surface area contributed by atoms with Crippen LogP contribution in [0.1, 0.15) is 29.3 Å². The first-order valence-electron chi connectivity index (χ1n) is 5.40. The number of nitriles is 1. The molecule has 0 aromatic heterocycles. The molecule has 1 rings (SSSR count). The van der Waals surface area contributed by atoms with Crippen LogP contribution in [0.2, 0.25) is 0 Å². The van der Waals surface area contributed by atoms with Crippen LogP contribution in [-0.4, -0.2) is 18.0 Å². The van der Waals surface area contributed by atoms with Gasteiger partial charge in [-0.05, 0) is 25.1 Å². The zero-order valence-electron chi connectivity index (χ0n) is 10.5. The van der Waals surface area contributed by atoms with Crippen molar-refractivity contribution in [3.05, 3.63) is 45.0 Å². The number of esters is 1. The van der Waals surface area contributed by atoms with E-state index in [0.717, 1.165) is 6.07 Å². The number of nitro benzene ring substituents is 1. The van der Waals surface area contributed by atoms with E-state index >= 15 is 0 Å². The molecule has 0 saturated carbocycles. The molecule has 0 heterocycles. The molecule has 1 aromatic carbocycles. The maximum atomic E-state index is 11.3. The first-order chi connectivity index (χ1) is 8.99. The zero-order valence-corrected chi connectivity index (χ0v) is 10.5. The molecule has 0 unspecified atom stereocenters. The first kappa shape index (κ1) is 14.4. The standard InChI is InChI=1S/C13H12N2O4/c1-9(5-6-14)7-10-3-4-11(13(16)19-2)8-12(10)15(17)18/h3-4,7-8H,5H2,1-2H3/b9-7-. The van der Waals surface area contributed by atoms with Crippen LogP contribution in [0.25, 0.3) is 6.08 Å². The van der Waals surface area contributed by atoms with Crippen molar-refractivity contribution in [1.82, 2.24) is 0 Å². The average Bonchev–Trinajstić information content (AvgIpc) is 2.38. The molecule has 0 spiro atoms. The van der Waals surface area contributed by atoms with Crippen LogP contribution < -0.4 is 0 Å². The largest absolute Gasteiger partial charge is 0.465 e. The van der Waals surface area contributed by atoms with Crippen molar-refractivity contribution in [2.45, 2.75) is 13.3 Å². The van der Waals surface area contributed by atoms with Gasteiger partial charge < -0.3 is 4.74 Å². The lowest BCUT2D eigenvalue weighted by atomic mass is 10.1. The van der Waals surface area contributed by atoms with Crippen molar-refractivity contribution in [1.29, 1.82) is 5.26 Å². The fourth-order valence-corrected chi connectivity index (χ4v) is 1.51. The second-order valence-electron chi connectivity index (χ2n) is 3.85. The molecule has 19 heavy (non-hydrogen) atoms. The van der Waals surface area contributed by atoms with Gasteiger partial charge in [-0.2, -0.15) is 5.26 Å². The second-order valence-corrected chi connectivity index (χ2v) is 3.85. The molecule has 1 aromatic rings. The van der Waals surface area contributed by atoms with Gasteiger partial charge in [0.05, 0.1) is 35.7 Å². The van der Waals surface area contributed by atoms with E-state index in [0.29, 0.717) is 11.1 Å². The fourth-order valence-electron chi connectivity index (χ4n) is 1.51. The Bertz CT molecular complexity index is 585. The summed E-state index contributed by atoms with van der Waals surface area (Å²) in [7, 11) is 1.21. The van der Waals surface area contributed by atoms with Gasteiger partial charge in [-0.25, -0.2) is 4.79 Å². The molecule has 0 aliphatic rings. The lowest BCUT2D eigenvalue weighted by Gasteiger charge is -2.02. The Labute approximate surface area is 110 Å². The summed E-state index contributed by atoms with van der Waals surface area (Å²) in [4.78, 5) is 21.7. The van der Waals surface area contributed by atoms with Gasteiger partial charge in [-0.1, -0.05) is 5.57 Å². The molecule has 6 heteroatoms. The van der Waals surface area contributed by atoms with Gasteiger partial charge in [0.1, 0.15) is 0 Å². The van der Waals surface area contributed by atoms with Gasteiger partial charge >= 0.3 is 5.97 Å². The monoisotopic (exact) mass is 260 g/mol. The highest BCUT2D eigenvalue weighted by Gasteiger charge is 2.16. The van der Waals surface area contributed by atoms with Gasteiger partial charge in [0, 0.05) is 6.07 Å². The van der Waals surface area contributed by atoms with Gasteiger partial charge in [0.15, 0.2) is 0 Å². The zero-order chi connectivity index (χ0) is 14.4. The smallest absolute Gasteiger partial charge is 0.338 e. The molecule has 6 nitrogen and oxygen atoms in total. The highest BCUT2D eigenvalue weighted by molar-refractivity contribution is 5.90. The second kappa shape index (κ2) is 6.31. The number of methoxy groups -OCH3 is 1. The SMILES string of the molecule is COC(=O)c1ccc(/C=C(/C)CC#N)c([N+](=O)[O-])c1. The Hall–Kier alpha value is -2.68. The minimum atomic E-state index is -0.632. The van der Waals surface area contributed by atoms with E-state index < -0.39 is 10.9 Å². The number of carbonyl (C=O) groups is 1. The maximum absolute atomic E-state index is 11.3. The summed E-state index contributed by atoms with van der Waals surface area (Å²) >= 11 is 0. The first-order valence-corrected chi connectivity index (χ1v) is 5.40. The molecule has 0 atom stereocenters. The van der Waals surface area contributed by atoms with E-state index in [2.05, 4.69) is 4.74 Å². The molecule has 0 radical (unpaired) electrons. The van der Waals surface area contributed by atoms with Crippen molar-refractivity contribution in [2.75, 3.05) is 7.11 Å². The van der Waals surface area contributed by atoms with Gasteiger partial charge in [-0.3, -0.25) is 10.1 Å². The van der Waals surface area contributed by atoms with Crippen LogP contribution in [0.4, 0.5) is 5.69 Å². The van der Waals surface area contributed by atoms with Crippen molar-refractivity contribution in [3.8, 4) is 6.07 Å². The van der Waals surface area contributed by atoms with Crippen molar-refractivity contribution in [3.63, 3.8) is 0 Å². The molecule has 0 bridgehead atoms. The Morgan fingerprint density at radius 2 is 2.26 bits per heavy atom. The summed E-state index contributed by atoms with van der Waals surface area (Å²) in [6, 6.07) is 6.04. The van der Waals surface area contributed by atoms with Crippen molar-refractivity contribution in [2.24, 2.45) is 0 Å². The Morgan fingerprint density at radius 3 is 2.79 bits per heavy atom. The molecule has 0 amide bonds. The van der Waals surface area contributed by atoms with E-state index in [4.69, 9.17) is 5.26 Å². The highest BCUT2D eigenvalue weighted by Crippen LogP contribution is 2.23. The molecule has 0 N–H and O–H groups in total. The van der Waals surface area contributed by atoms with E-state index in [1.165, 1.54) is 19.2 Å². The minimum absolute atomic E-state index is 0.115. The number of hydrogen-bond acceptors (Lipinski definition) is 5. The third-order valence-electron chi connectivity index (χ3n) is 2.41. The lowest BCUT2D eigenvalue weighted by molar-refractivity contribution is -0.385. The highest BCUT2D eigenvalue weighted by atomic mass is 16.6. The average molecular weight is 260 g/mol. The van der Waals surface area contributed by atoms with E-state index in [-0.39, 0.29) is 17.7 Å². The predicted octanol–water partition coefficient (Wildman–Crippen LogP) is 2.70. The van der Waals surface area contributed by atoms with Gasteiger partial charge in [0.25, 0.3) is 5.69 Å². The van der Waals surface area contributed by atoms with Crippen LogP contribution in [0.5, 0.6) is 0 Å². The summed E-state index contributed by atoms with van der Waals surface area (Å²) in [5.41, 5.74) is 0.978. The molecular weight excluding hydrogens is 248 g/mol. The number of benzene rings is 1. The summed E-state index contributed by atoms with van der Waals surface area (Å²) in [5, 5.41) is 19.5. The van der Waals surface area contributed by atoms with E-state index in [1.807, 2.05) is 6.07 Å².